The molecule has 5 N–H and O–H groups in total. The number of carbonyl (C=O) groups excluding carboxylic acids is 1. The maximum atomic E-state index is 12.6. The summed E-state index contributed by atoms with van der Waals surface area (Å²) in [4.78, 5) is 12.6. The molecule has 0 aromatic rings. The Morgan fingerprint density at radius 3 is 0.900 bits per heavy atom. The van der Waals surface area contributed by atoms with Crippen LogP contribution in [0.1, 0.15) is 322 Å². The fourth-order valence-electron chi connectivity index (χ4n) is 9.61. The summed E-state index contributed by atoms with van der Waals surface area (Å²) < 4.78 is 0. The number of hydrogen-bond acceptors (Lipinski definition) is 5. The second kappa shape index (κ2) is 58.2. The highest BCUT2D eigenvalue weighted by molar-refractivity contribution is 5.80. The molecule has 0 saturated heterocycles. The lowest BCUT2D eigenvalue weighted by molar-refractivity contribution is -0.132. The fourth-order valence-corrected chi connectivity index (χ4v) is 9.61. The van der Waals surface area contributed by atoms with E-state index in [9.17, 15) is 25.2 Å². The van der Waals surface area contributed by atoms with E-state index in [0.717, 1.165) is 64.2 Å². The van der Waals surface area contributed by atoms with Crippen molar-refractivity contribution < 1.29 is 25.2 Å². The van der Waals surface area contributed by atoms with Gasteiger partial charge in [0.25, 0.3) is 0 Å². The van der Waals surface area contributed by atoms with E-state index in [1.54, 1.807) is 0 Å². The van der Waals surface area contributed by atoms with Crippen LogP contribution in [0.3, 0.4) is 0 Å². The summed E-state index contributed by atoms with van der Waals surface area (Å²) in [5.74, 6) is -0.602. The van der Waals surface area contributed by atoms with Gasteiger partial charge in [0.1, 0.15) is 12.2 Å². The maximum absolute atomic E-state index is 12.6. The van der Waals surface area contributed by atoms with Gasteiger partial charge in [-0.05, 0) is 89.9 Å². The molecule has 4 unspecified atom stereocenters. The average molecular weight is 985 g/mol. The molecule has 0 heterocycles. The monoisotopic (exact) mass is 984 g/mol. The lowest BCUT2D eigenvalue weighted by Gasteiger charge is -2.27. The molecule has 0 saturated carbocycles. The van der Waals surface area contributed by atoms with Gasteiger partial charge in [0.15, 0.2) is 0 Å². The third-order valence-corrected chi connectivity index (χ3v) is 14.5. The van der Waals surface area contributed by atoms with Gasteiger partial charge in [-0.15, -0.1) is 0 Å². The second-order valence-corrected chi connectivity index (χ2v) is 21.4. The summed E-state index contributed by atoms with van der Waals surface area (Å²) >= 11 is 0. The zero-order valence-electron chi connectivity index (χ0n) is 46.8. The third kappa shape index (κ3) is 51.2. The number of amides is 1. The van der Waals surface area contributed by atoms with E-state index in [0.29, 0.717) is 19.3 Å². The molecule has 6 nitrogen and oxygen atoms in total. The summed E-state index contributed by atoms with van der Waals surface area (Å²) in [5.41, 5.74) is 0. The largest absolute Gasteiger partial charge is 0.394 e. The minimum atomic E-state index is -1.30. The van der Waals surface area contributed by atoms with Gasteiger partial charge in [-0.2, -0.15) is 0 Å². The van der Waals surface area contributed by atoms with Crippen molar-refractivity contribution in [3.63, 3.8) is 0 Å². The van der Waals surface area contributed by atoms with E-state index in [1.807, 2.05) is 0 Å². The van der Waals surface area contributed by atoms with Crippen LogP contribution in [-0.2, 0) is 4.79 Å². The lowest BCUT2D eigenvalue weighted by atomic mass is 10.00. The molecule has 0 aliphatic heterocycles. The SMILES string of the molecule is CCCCCCCCCCCCCC/C=C\CCCCCCCCC(O)C(=O)NC(CO)C(O)C(O)CCC/C=C/CC/C=C/CC/C=C/CCCCCCCCCCCCCCCCCCCCC. The zero-order chi connectivity index (χ0) is 50.9. The van der Waals surface area contributed by atoms with E-state index >= 15 is 0 Å². The summed E-state index contributed by atoms with van der Waals surface area (Å²) in [6, 6.07) is -1.02. The summed E-state index contributed by atoms with van der Waals surface area (Å²) in [6.45, 7) is 4.07. The summed E-state index contributed by atoms with van der Waals surface area (Å²) in [5, 5.41) is 44.0. The fraction of sp³-hybridized carbons (Fsp3) is 0.859. The summed E-state index contributed by atoms with van der Waals surface area (Å²) in [7, 11) is 0. The van der Waals surface area contributed by atoms with Crippen LogP contribution in [0, 0.1) is 0 Å². The normalized spacial score (nSPS) is 14.0. The Hall–Kier alpha value is -1.73. The van der Waals surface area contributed by atoms with E-state index in [-0.39, 0.29) is 0 Å². The third-order valence-electron chi connectivity index (χ3n) is 14.5. The Kier molecular flexibility index (Phi) is 56.7. The van der Waals surface area contributed by atoms with Gasteiger partial charge in [-0.3, -0.25) is 4.79 Å². The topological polar surface area (TPSA) is 110 Å². The standard InChI is InChI=1S/C64H121NO5/c1-3-5-7-9-11-13-15-17-19-21-23-25-27-28-29-30-31-32-33-34-35-36-38-39-41-43-45-47-49-51-53-55-57-61(67)63(69)60(59-66)65-64(70)62(68)58-56-54-52-50-48-46-44-42-40-37-26-24-22-20-18-16-14-12-10-8-6-4-2/h35-36,40-43,49,51,60-63,66-69H,3-34,37-39,44-48,50,52-59H2,1-2H3,(H,65,70)/b36-35+,42-40-,43-41+,51-49+. The van der Waals surface area contributed by atoms with Crippen molar-refractivity contribution in [2.24, 2.45) is 0 Å². The minimum Gasteiger partial charge on any atom is -0.394 e. The van der Waals surface area contributed by atoms with Crippen molar-refractivity contribution in [2.45, 2.75) is 346 Å². The molecule has 6 heteroatoms. The van der Waals surface area contributed by atoms with Crippen molar-refractivity contribution in [1.29, 1.82) is 0 Å². The molecular formula is C64H121NO5. The van der Waals surface area contributed by atoms with Crippen molar-refractivity contribution in [3.8, 4) is 0 Å². The highest BCUT2D eigenvalue weighted by Crippen LogP contribution is 2.17. The lowest BCUT2D eigenvalue weighted by Crippen LogP contribution is -2.53. The molecule has 0 spiro atoms. The molecule has 0 aromatic heterocycles. The first-order valence-corrected chi connectivity index (χ1v) is 31.0. The number of hydrogen-bond donors (Lipinski definition) is 5. The first kappa shape index (κ1) is 68.3. The number of aliphatic hydroxyl groups is 4. The number of rotatable bonds is 57. The quantitative estimate of drug-likeness (QED) is 0.0308. The molecule has 1 amide bonds. The molecule has 0 aromatic carbocycles. The number of unbranched alkanes of at least 4 members (excludes halogenated alkanes) is 40. The van der Waals surface area contributed by atoms with Crippen LogP contribution in [-0.4, -0.2) is 57.3 Å². The minimum absolute atomic E-state index is 0.351. The Balaban J connectivity index is 3.68. The second-order valence-electron chi connectivity index (χ2n) is 21.4. The molecule has 0 rings (SSSR count). The average Bonchev–Trinajstić information content (AvgIpc) is 3.36. The van der Waals surface area contributed by atoms with Crippen molar-refractivity contribution >= 4 is 5.91 Å². The van der Waals surface area contributed by atoms with Crippen molar-refractivity contribution in [3.05, 3.63) is 48.6 Å². The zero-order valence-corrected chi connectivity index (χ0v) is 46.8. The highest BCUT2D eigenvalue weighted by atomic mass is 16.3. The number of carbonyl (C=O) groups is 1. The number of nitrogens with one attached hydrogen (secondary N) is 1. The molecule has 4 atom stereocenters. The maximum Gasteiger partial charge on any atom is 0.249 e. The van der Waals surface area contributed by atoms with E-state index < -0.39 is 36.9 Å². The van der Waals surface area contributed by atoms with Crippen LogP contribution in [0.5, 0.6) is 0 Å². The van der Waals surface area contributed by atoms with Crippen molar-refractivity contribution in [1.82, 2.24) is 5.32 Å². The molecule has 0 aliphatic rings. The summed E-state index contributed by atoms with van der Waals surface area (Å²) in [6.07, 6.45) is 74.9. The van der Waals surface area contributed by atoms with E-state index in [1.165, 1.54) is 225 Å². The smallest absolute Gasteiger partial charge is 0.249 e. The predicted octanol–water partition coefficient (Wildman–Crippen LogP) is 18.5. The molecular weight excluding hydrogens is 863 g/mol. The Morgan fingerprint density at radius 2 is 0.600 bits per heavy atom. The van der Waals surface area contributed by atoms with Gasteiger partial charge in [-0.1, -0.05) is 281 Å². The van der Waals surface area contributed by atoms with Crippen LogP contribution in [0.25, 0.3) is 0 Å². The van der Waals surface area contributed by atoms with Crippen LogP contribution >= 0.6 is 0 Å². The molecule has 0 fully saturated rings. The van der Waals surface area contributed by atoms with Crippen molar-refractivity contribution in [2.75, 3.05) is 6.61 Å². The highest BCUT2D eigenvalue weighted by Gasteiger charge is 2.28. The Labute approximate surface area is 436 Å². The predicted molar refractivity (Wildman–Crippen MR) is 307 cm³/mol. The molecule has 0 radical (unpaired) electrons. The first-order valence-electron chi connectivity index (χ1n) is 31.0. The Bertz CT molecular complexity index is 1150. The number of allylic oxidation sites excluding steroid dienone is 8. The van der Waals surface area contributed by atoms with Gasteiger partial charge in [0, 0.05) is 0 Å². The van der Waals surface area contributed by atoms with E-state index in [4.69, 9.17) is 0 Å². The van der Waals surface area contributed by atoms with Gasteiger partial charge < -0.3 is 25.7 Å². The van der Waals surface area contributed by atoms with Gasteiger partial charge in [0.05, 0.1) is 18.8 Å². The number of aliphatic hydroxyl groups excluding tert-OH is 4. The van der Waals surface area contributed by atoms with Crippen LogP contribution in [0.4, 0.5) is 0 Å². The molecule has 0 bridgehead atoms. The van der Waals surface area contributed by atoms with Crippen LogP contribution in [0.15, 0.2) is 48.6 Å². The Morgan fingerprint density at radius 1 is 0.343 bits per heavy atom. The van der Waals surface area contributed by atoms with Gasteiger partial charge >= 0.3 is 0 Å². The molecule has 412 valence electrons. The van der Waals surface area contributed by atoms with E-state index in [2.05, 4.69) is 67.8 Å². The van der Waals surface area contributed by atoms with Crippen LogP contribution < -0.4 is 5.32 Å². The van der Waals surface area contributed by atoms with Crippen LogP contribution in [0.2, 0.25) is 0 Å². The molecule has 70 heavy (non-hydrogen) atoms. The van der Waals surface area contributed by atoms with Gasteiger partial charge in [-0.25, -0.2) is 0 Å². The van der Waals surface area contributed by atoms with Gasteiger partial charge in [0.2, 0.25) is 5.91 Å². The molecule has 0 aliphatic carbocycles. The first-order chi connectivity index (χ1) is 34.5.